The van der Waals surface area contributed by atoms with Crippen LogP contribution in [0.15, 0.2) is 23.6 Å². The molecular weight excluding hydrogens is 286 g/mol. The van der Waals surface area contributed by atoms with Crippen molar-refractivity contribution < 1.29 is 14.3 Å². The van der Waals surface area contributed by atoms with E-state index in [0.29, 0.717) is 22.9 Å². The minimum absolute atomic E-state index is 0.380. The van der Waals surface area contributed by atoms with E-state index in [-0.39, 0.29) is 5.97 Å². The van der Waals surface area contributed by atoms with Crippen molar-refractivity contribution in [2.75, 3.05) is 19.5 Å². The second-order valence-corrected chi connectivity index (χ2v) is 5.64. The van der Waals surface area contributed by atoms with Crippen LogP contribution in [0.5, 0.6) is 5.75 Å². The van der Waals surface area contributed by atoms with Crippen LogP contribution in [0, 0.1) is 6.92 Å². The number of aryl methyl sites for hydroxylation is 1. The second kappa shape index (κ2) is 6.63. The molecule has 1 heterocycles. The Balaban J connectivity index is 2.50. The van der Waals surface area contributed by atoms with Crippen LogP contribution in [-0.4, -0.2) is 19.7 Å². The Kier molecular flexibility index (Phi) is 4.85. The summed E-state index contributed by atoms with van der Waals surface area (Å²) < 4.78 is 10.6. The third kappa shape index (κ3) is 3.19. The molecular formula is C16H19NO3S. The van der Waals surface area contributed by atoms with Crippen molar-refractivity contribution in [3.63, 3.8) is 0 Å². The lowest BCUT2D eigenvalue weighted by Crippen LogP contribution is -2.08. The second-order valence-electron chi connectivity index (χ2n) is 4.73. The molecule has 0 saturated heterocycles. The molecule has 0 unspecified atom stereocenters. The van der Waals surface area contributed by atoms with E-state index in [1.807, 2.05) is 37.4 Å². The number of nitrogens with two attached hydrogens (primary N) is 1. The smallest absolute Gasteiger partial charge is 0.341 e. The van der Waals surface area contributed by atoms with E-state index in [1.165, 1.54) is 11.3 Å². The van der Waals surface area contributed by atoms with Gasteiger partial charge in [0.1, 0.15) is 16.3 Å². The minimum atomic E-state index is -0.380. The van der Waals surface area contributed by atoms with E-state index < -0.39 is 0 Å². The highest BCUT2D eigenvalue weighted by Crippen LogP contribution is 2.39. The van der Waals surface area contributed by atoms with E-state index in [9.17, 15) is 4.79 Å². The molecule has 1 aromatic carbocycles. The Morgan fingerprint density at radius 3 is 2.76 bits per heavy atom. The number of hydrogen-bond acceptors (Lipinski definition) is 5. The van der Waals surface area contributed by atoms with Gasteiger partial charge in [0.25, 0.3) is 0 Å². The summed E-state index contributed by atoms with van der Waals surface area (Å²) in [7, 11) is 1.61. The summed E-state index contributed by atoms with van der Waals surface area (Å²) in [4.78, 5) is 12.2. The maximum Gasteiger partial charge on any atom is 0.341 e. The Morgan fingerprint density at radius 1 is 1.33 bits per heavy atom. The summed E-state index contributed by atoms with van der Waals surface area (Å²) in [6.45, 7) is 4.33. The van der Waals surface area contributed by atoms with Crippen molar-refractivity contribution in [2.24, 2.45) is 0 Å². The number of methoxy groups -OCH3 is 1. The topological polar surface area (TPSA) is 61.5 Å². The zero-order valence-electron chi connectivity index (χ0n) is 12.4. The van der Waals surface area contributed by atoms with Gasteiger partial charge in [0, 0.05) is 16.5 Å². The van der Waals surface area contributed by atoms with Gasteiger partial charge in [-0.1, -0.05) is 18.6 Å². The molecule has 0 amide bonds. The van der Waals surface area contributed by atoms with Crippen molar-refractivity contribution in [1.29, 1.82) is 0 Å². The van der Waals surface area contributed by atoms with Gasteiger partial charge in [0.15, 0.2) is 0 Å². The molecule has 0 radical (unpaired) electrons. The lowest BCUT2D eigenvalue weighted by Gasteiger charge is -2.11. The molecule has 0 aliphatic carbocycles. The van der Waals surface area contributed by atoms with Gasteiger partial charge in [-0.3, -0.25) is 0 Å². The van der Waals surface area contributed by atoms with Crippen LogP contribution < -0.4 is 10.5 Å². The highest BCUT2D eigenvalue weighted by molar-refractivity contribution is 7.15. The molecule has 0 spiro atoms. The normalized spacial score (nSPS) is 10.4. The number of hydrogen-bond donors (Lipinski definition) is 1. The lowest BCUT2D eigenvalue weighted by molar-refractivity contribution is 0.0508. The third-order valence-corrected chi connectivity index (χ3v) is 3.92. The van der Waals surface area contributed by atoms with Gasteiger partial charge in [0.05, 0.1) is 13.7 Å². The van der Waals surface area contributed by atoms with E-state index in [4.69, 9.17) is 15.2 Å². The maximum absolute atomic E-state index is 12.2. The van der Waals surface area contributed by atoms with Crippen molar-refractivity contribution >= 4 is 22.3 Å². The summed E-state index contributed by atoms with van der Waals surface area (Å²) in [5.74, 6) is 0.331. The highest BCUT2D eigenvalue weighted by Gasteiger charge is 2.22. The van der Waals surface area contributed by atoms with Gasteiger partial charge in [-0.05, 0) is 25.5 Å². The largest absolute Gasteiger partial charge is 0.496 e. The molecule has 0 saturated carbocycles. The van der Waals surface area contributed by atoms with E-state index >= 15 is 0 Å². The Morgan fingerprint density at radius 2 is 2.10 bits per heavy atom. The predicted molar refractivity (Wildman–Crippen MR) is 86.0 cm³/mol. The van der Waals surface area contributed by atoms with E-state index in [0.717, 1.165) is 23.1 Å². The van der Waals surface area contributed by atoms with E-state index in [2.05, 4.69) is 0 Å². The Bertz CT molecular complexity index is 649. The third-order valence-electron chi connectivity index (χ3n) is 3.11. The fraction of sp³-hybridized carbons (Fsp3) is 0.312. The molecule has 0 aliphatic rings. The molecule has 2 N–H and O–H groups in total. The minimum Gasteiger partial charge on any atom is -0.496 e. The number of thiophene rings is 1. The number of nitrogen functional groups attached to an aromatic ring is 1. The summed E-state index contributed by atoms with van der Waals surface area (Å²) >= 11 is 1.33. The lowest BCUT2D eigenvalue weighted by atomic mass is 10.0. The SMILES string of the molecule is CCCOC(=O)c1c(-c2cc(C)ccc2OC)csc1N. The molecule has 112 valence electrons. The van der Waals surface area contributed by atoms with Crippen LogP contribution >= 0.6 is 11.3 Å². The zero-order valence-corrected chi connectivity index (χ0v) is 13.3. The van der Waals surface area contributed by atoms with Crippen LogP contribution in [0.25, 0.3) is 11.1 Å². The van der Waals surface area contributed by atoms with Crippen LogP contribution in [0.4, 0.5) is 5.00 Å². The molecule has 5 heteroatoms. The van der Waals surface area contributed by atoms with Crippen molar-refractivity contribution in [3.8, 4) is 16.9 Å². The molecule has 0 aliphatic heterocycles. The van der Waals surface area contributed by atoms with E-state index in [1.54, 1.807) is 7.11 Å². The summed E-state index contributed by atoms with van der Waals surface area (Å²) in [6, 6.07) is 5.84. The van der Waals surface area contributed by atoms with Crippen molar-refractivity contribution in [1.82, 2.24) is 0 Å². The molecule has 4 nitrogen and oxygen atoms in total. The molecule has 0 fully saturated rings. The zero-order chi connectivity index (χ0) is 15.4. The molecule has 2 rings (SSSR count). The van der Waals surface area contributed by atoms with Gasteiger partial charge in [-0.2, -0.15) is 0 Å². The quantitative estimate of drug-likeness (QED) is 0.852. The fourth-order valence-corrected chi connectivity index (χ4v) is 2.88. The molecule has 1 aromatic heterocycles. The number of esters is 1. The number of ether oxygens (including phenoxy) is 2. The number of rotatable bonds is 5. The van der Waals surface area contributed by atoms with Gasteiger partial charge in [0.2, 0.25) is 0 Å². The summed E-state index contributed by atoms with van der Waals surface area (Å²) in [5, 5.41) is 2.34. The average molecular weight is 305 g/mol. The van der Waals surface area contributed by atoms with Crippen LogP contribution in [-0.2, 0) is 4.74 Å². The number of benzene rings is 1. The first-order valence-corrected chi connectivity index (χ1v) is 7.65. The Hall–Kier alpha value is -2.01. The van der Waals surface area contributed by atoms with Gasteiger partial charge < -0.3 is 15.2 Å². The van der Waals surface area contributed by atoms with Crippen LogP contribution in [0.3, 0.4) is 0 Å². The average Bonchev–Trinajstić information content (AvgIpc) is 2.86. The van der Waals surface area contributed by atoms with Gasteiger partial charge in [-0.15, -0.1) is 11.3 Å². The number of anilines is 1. The van der Waals surface area contributed by atoms with Gasteiger partial charge in [-0.25, -0.2) is 4.79 Å². The van der Waals surface area contributed by atoms with Gasteiger partial charge >= 0.3 is 5.97 Å². The fourth-order valence-electron chi connectivity index (χ4n) is 2.08. The molecule has 21 heavy (non-hydrogen) atoms. The Labute approximate surface area is 128 Å². The first kappa shape index (κ1) is 15.4. The van der Waals surface area contributed by atoms with Crippen LogP contribution in [0.1, 0.15) is 29.3 Å². The molecule has 2 aromatic rings. The first-order valence-electron chi connectivity index (χ1n) is 6.77. The monoisotopic (exact) mass is 305 g/mol. The summed E-state index contributed by atoms with van der Waals surface area (Å²) in [5.41, 5.74) is 9.09. The number of carbonyl (C=O) groups excluding carboxylic acids is 1. The van der Waals surface area contributed by atoms with Crippen LogP contribution in [0.2, 0.25) is 0 Å². The van der Waals surface area contributed by atoms with Crippen molar-refractivity contribution in [2.45, 2.75) is 20.3 Å². The summed E-state index contributed by atoms with van der Waals surface area (Å²) in [6.07, 6.45) is 0.777. The number of carbonyl (C=O) groups is 1. The highest BCUT2D eigenvalue weighted by atomic mass is 32.1. The molecule has 0 bridgehead atoms. The molecule has 0 atom stereocenters. The predicted octanol–water partition coefficient (Wildman–Crippen LogP) is 3.88. The van der Waals surface area contributed by atoms with Crippen molar-refractivity contribution in [3.05, 3.63) is 34.7 Å². The maximum atomic E-state index is 12.2. The standard InChI is InChI=1S/C16H19NO3S/c1-4-7-20-16(18)14-12(9-21-15(14)17)11-8-10(2)5-6-13(11)19-3/h5-6,8-9H,4,7,17H2,1-3H3. The first-order chi connectivity index (χ1) is 10.1.